The van der Waals surface area contributed by atoms with Crippen LogP contribution in [0.2, 0.25) is 0 Å². The Bertz CT molecular complexity index is 1010. The van der Waals surface area contributed by atoms with Crippen LogP contribution in [-0.4, -0.2) is 47.3 Å². The van der Waals surface area contributed by atoms with Crippen molar-refractivity contribution in [3.8, 4) is 0 Å². The van der Waals surface area contributed by atoms with Crippen molar-refractivity contribution in [3.05, 3.63) is 108 Å². The molecular weight excluding hydrogens is 420 g/mol. The van der Waals surface area contributed by atoms with Gasteiger partial charge >= 0.3 is 0 Å². The Morgan fingerprint density at radius 1 is 0.824 bits per heavy atom. The molecule has 0 bridgehead atoms. The lowest BCUT2D eigenvalue weighted by molar-refractivity contribution is -0.134. The Labute approximate surface area is 203 Å². The average molecular weight is 455 g/mol. The van der Waals surface area contributed by atoms with E-state index in [4.69, 9.17) is 0 Å². The minimum Gasteiger partial charge on any atom is -0.340 e. The summed E-state index contributed by atoms with van der Waals surface area (Å²) in [5.74, 6) is 0.321. The molecule has 4 heteroatoms. The highest BCUT2D eigenvalue weighted by atomic mass is 16.2. The number of nitrogens with zero attached hydrogens (tertiary/aromatic N) is 2. The lowest BCUT2D eigenvalue weighted by Crippen LogP contribution is -2.49. The summed E-state index contributed by atoms with van der Waals surface area (Å²) in [5, 5.41) is 0. The molecule has 0 atom stereocenters. The summed E-state index contributed by atoms with van der Waals surface area (Å²) >= 11 is 0. The number of likely N-dealkylation sites (tertiary alicyclic amines) is 1. The minimum atomic E-state index is 0.0361. The lowest BCUT2D eigenvalue weighted by Gasteiger charge is -2.39. The van der Waals surface area contributed by atoms with E-state index in [2.05, 4.69) is 36.1 Å². The molecule has 1 fully saturated rings. The number of hydrogen-bond donors (Lipinski definition) is 0. The van der Waals surface area contributed by atoms with Crippen molar-refractivity contribution in [1.82, 2.24) is 9.80 Å². The van der Waals surface area contributed by atoms with Gasteiger partial charge in [-0.05, 0) is 42.5 Å². The van der Waals surface area contributed by atoms with Crippen LogP contribution in [0, 0.1) is 0 Å². The van der Waals surface area contributed by atoms with Crippen molar-refractivity contribution in [2.24, 2.45) is 0 Å². The molecule has 1 heterocycles. The van der Waals surface area contributed by atoms with Crippen molar-refractivity contribution < 1.29 is 9.59 Å². The predicted octanol–water partition coefficient (Wildman–Crippen LogP) is 5.75. The molecule has 0 unspecified atom stereocenters. The quantitative estimate of drug-likeness (QED) is 0.435. The summed E-state index contributed by atoms with van der Waals surface area (Å²) in [7, 11) is 0. The first-order valence-electron chi connectivity index (χ1n) is 12.4. The molecule has 4 rings (SSSR count). The number of benzene rings is 3. The maximum Gasteiger partial charge on any atom is 0.253 e. The Morgan fingerprint density at radius 2 is 1.32 bits per heavy atom. The van der Waals surface area contributed by atoms with Gasteiger partial charge in [-0.25, -0.2) is 0 Å². The second-order valence-electron chi connectivity index (χ2n) is 9.05. The molecule has 0 saturated carbocycles. The molecule has 0 radical (unpaired) electrons. The van der Waals surface area contributed by atoms with Gasteiger partial charge in [0.05, 0.1) is 0 Å². The van der Waals surface area contributed by atoms with Crippen LogP contribution in [0.25, 0.3) is 0 Å². The summed E-state index contributed by atoms with van der Waals surface area (Å²) in [6.07, 6.45) is 3.03. The largest absolute Gasteiger partial charge is 0.340 e. The Hall–Kier alpha value is -3.40. The van der Waals surface area contributed by atoms with Gasteiger partial charge in [0.1, 0.15) is 0 Å². The van der Waals surface area contributed by atoms with E-state index >= 15 is 0 Å². The van der Waals surface area contributed by atoms with E-state index in [-0.39, 0.29) is 23.8 Å². The monoisotopic (exact) mass is 454 g/mol. The number of amides is 2. The fraction of sp³-hybridized carbons (Fsp3) is 0.333. The third kappa shape index (κ3) is 5.74. The van der Waals surface area contributed by atoms with Gasteiger partial charge in [-0.3, -0.25) is 9.59 Å². The molecule has 0 spiro atoms. The van der Waals surface area contributed by atoms with Crippen LogP contribution < -0.4 is 0 Å². The number of piperidine rings is 1. The smallest absolute Gasteiger partial charge is 0.253 e. The molecule has 0 aliphatic carbocycles. The van der Waals surface area contributed by atoms with Crippen LogP contribution in [0.4, 0.5) is 0 Å². The normalized spacial score (nSPS) is 14.2. The molecule has 3 aromatic carbocycles. The summed E-state index contributed by atoms with van der Waals surface area (Å²) in [4.78, 5) is 30.5. The third-order valence-corrected chi connectivity index (χ3v) is 6.78. The first kappa shape index (κ1) is 23.7. The van der Waals surface area contributed by atoms with Gasteiger partial charge in [0.15, 0.2) is 0 Å². The second kappa shape index (κ2) is 11.6. The van der Waals surface area contributed by atoms with Gasteiger partial charge in [-0.1, -0.05) is 85.8 Å². The average Bonchev–Trinajstić information content (AvgIpc) is 2.91. The zero-order chi connectivity index (χ0) is 23.8. The van der Waals surface area contributed by atoms with Crippen molar-refractivity contribution in [3.63, 3.8) is 0 Å². The summed E-state index contributed by atoms with van der Waals surface area (Å²) in [6.45, 7) is 4.26. The highest BCUT2D eigenvalue weighted by Gasteiger charge is 2.31. The van der Waals surface area contributed by atoms with E-state index in [1.54, 1.807) is 0 Å². The third-order valence-electron chi connectivity index (χ3n) is 6.78. The minimum absolute atomic E-state index is 0.0361. The second-order valence-corrected chi connectivity index (χ2v) is 9.05. The Morgan fingerprint density at radius 3 is 1.82 bits per heavy atom. The van der Waals surface area contributed by atoms with Crippen molar-refractivity contribution >= 4 is 11.8 Å². The molecule has 1 aliphatic rings. The maximum absolute atomic E-state index is 13.7. The van der Waals surface area contributed by atoms with Crippen LogP contribution >= 0.6 is 0 Å². The molecule has 0 N–H and O–H groups in total. The number of carbonyl (C=O) groups excluding carboxylic acids is 2. The lowest BCUT2D eigenvalue weighted by atomic mass is 9.87. The topological polar surface area (TPSA) is 40.6 Å². The molecule has 3 aromatic rings. The molecular formula is C30H34N2O2. The molecule has 34 heavy (non-hydrogen) atoms. The van der Waals surface area contributed by atoms with Crippen LogP contribution in [-0.2, 0) is 4.79 Å². The van der Waals surface area contributed by atoms with E-state index < -0.39 is 0 Å². The fourth-order valence-corrected chi connectivity index (χ4v) is 4.99. The molecule has 2 amide bonds. The standard InChI is InChI=1S/C30H34N2O2/c1-2-20-32(27-18-21-31(22-19-27)30(34)26-16-10-5-11-17-26)29(33)23-28(24-12-6-3-7-13-24)25-14-8-4-9-15-25/h3-17,27-28H,2,18-23H2,1H3. The summed E-state index contributed by atoms with van der Waals surface area (Å²) < 4.78 is 0. The number of carbonyl (C=O) groups is 2. The molecule has 1 aliphatic heterocycles. The van der Waals surface area contributed by atoms with E-state index in [0.717, 1.165) is 31.4 Å². The summed E-state index contributed by atoms with van der Waals surface area (Å²) in [5.41, 5.74) is 3.07. The van der Waals surface area contributed by atoms with Crippen LogP contribution in [0.5, 0.6) is 0 Å². The van der Waals surface area contributed by atoms with Crippen LogP contribution in [0.1, 0.15) is 60.0 Å². The molecule has 0 aromatic heterocycles. The maximum atomic E-state index is 13.7. The zero-order valence-corrected chi connectivity index (χ0v) is 20.0. The van der Waals surface area contributed by atoms with Gasteiger partial charge < -0.3 is 9.80 Å². The molecule has 1 saturated heterocycles. The first-order chi connectivity index (χ1) is 16.7. The van der Waals surface area contributed by atoms with E-state index in [1.165, 1.54) is 11.1 Å². The summed E-state index contributed by atoms with van der Waals surface area (Å²) in [6, 6.07) is 30.3. The number of hydrogen-bond acceptors (Lipinski definition) is 2. The van der Waals surface area contributed by atoms with Crippen LogP contribution in [0.3, 0.4) is 0 Å². The Balaban J connectivity index is 1.45. The van der Waals surface area contributed by atoms with Crippen molar-refractivity contribution in [2.45, 2.75) is 44.6 Å². The van der Waals surface area contributed by atoms with Crippen molar-refractivity contribution in [2.75, 3.05) is 19.6 Å². The van der Waals surface area contributed by atoms with E-state index in [0.29, 0.717) is 19.5 Å². The van der Waals surface area contributed by atoms with E-state index in [1.807, 2.05) is 71.6 Å². The highest BCUT2D eigenvalue weighted by Crippen LogP contribution is 2.30. The van der Waals surface area contributed by atoms with E-state index in [9.17, 15) is 9.59 Å². The van der Waals surface area contributed by atoms with Gasteiger partial charge in [0.25, 0.3) is 5.91 Å². The zero-order valence-electron chi connectivity index (χ0n) is 20.0. The van der Waals surface area contributed by atoms with Gasteiger partial charge in [-0.2, -0.15) is 0 Å². The molecule has 4 nitrogen and oxygen atoms in total. The molecule has 176 valence electrons. The predicted molar refractivity (Wildman–Crippen MR) is 137 cm³/mol. The van der Waals surface area contributed by atoms with Gasteiger partial charge in [0.2, 0.25) is 5.91 Å². The van der Waals surface area contributed by atoms with Gasteiger partial charge in [-0.15, -0.1) is 0 Å². The van der Waals surface area contributed by atoms with Crippen molar-refractivity contribution in [1.29, 1.82) is 0 Å². The fourth-order valence-electron chi connectivity index (χ4n) is 4.99. The Kier molecular flexibility index (Phi) is 8.13. The number of rotatable bonds is 8. The van der Waals surface area contributed by atoms with Crippen LogP contribution in [0.15, 0.2) is 91.0 Å². The first-order valence-corrected chi connectivity index (χ1v) is 12.4. The van der Waals surface area contributed by atoms with Gasteiger partial charge in [0, 0.05) is 43.6 Å². The SMILES string of the molecule is CCCN(C(=O)CC(c1ccccc1)c1ccccc1)C1CCN(C(=O)c2ccccc2)CC1. The highest BCUT2D eigenvalue weighted by molar-refractivity contribution is 5.94.